The van der Waals surface area contributed by atoms with Gasteiger partial charge in [-0.3, -0.25) is 14.7 Å². The third-order valence-electron chi connectivity index (χ3n) is 5.31. The summed E-state index contributed by atoms with van der Waals surface area (Å²) in [7, 11) is 0. The molecule has 6 nitrogen and oxygen atoms in total. The summed E-state index contributed by atoms with van der Waals surface area (Å²) in [6.07, 6.45) is 4.48. The molecule has 1 saturated carbocycles. The highest BCUT2D eigenvalue weighted by Crippen LogP contribution is 2.54. The highest BCUT2D eigenvalue weighted by molar-refractivity contribution is 5.94. The van der Waals surface area contributed by atoms with Crippen LogP contribution in [0.25, 0.3) is 0 Å². The van der Waals surface area contributed by atoms with Gasteiger partial charge < -0.3 is 10.2 Å². The molecule has 2 aromatic rings. The zero-order valence-corrected chi connectivity index (χ0v) is 13.4. The molecule has 1 aliphatic heterocycles. The number of carbonyl (C=O) groups is 2. The Morgan fingerprint density at radius 1 is 1.17 bits per heavy atom. The molecule has 1 spiro atoms. The maximum absolute atomic E-state index is 12.3. The number of piperidine rings is 1. The zero-order chi connectivity index (χ0) is 16.6. The van der Waals surface area contributed by atoms with Crippen molar-refractivity contribution in [1.29, 1.82) is 0 Å². The molecule has 2 heterocycles. The quantitative estimate of drug-likeness (QED) is 0.904. The predicted molar refractivity (Wildman–Crippen MR) is 88.5 cm³/mol. The Hall–Kier alpha value is -2.63. The van der Waals surface area contributed by atoms with Crippen molar-refractivity contribution in [1.82, 2.24) is 20.4 Å². The molecule has 6 heteroatoms. The number of aromatic nitrogens is 2. The number of amides is 2. The van der Waals surface area contributed by atoms with Crippen LogP contribution >= 0.6 is 0 Å². The van der Waals surface area contributed by atoms with Crippen LogP contribution in [0.2, 0.25) is 0 Å². The first-order chi connectivity index (χ1) is 11.7. The van der Waals surface area contributed by atoms with Gasteiger partial charge >= 0.3 is 0 Å². The zero-order valence-electron chi connectivity index (χ0n) is 13.4. The molecular weight excluding hydrogens is 304 g/mol. The molecule has 1 atom stereocenters. The highest BCUT2D eigenvalue weighted by Gasteiger charge is 2.56. The van der Waals surface area contributed by atoms with Crippen LogP contribution < -0.4 is 5.32 Å². The van der Waals surface area contributed by atoms with Gasteiger partial charge in [0, 0.05) is 30.9 Å². The fourth-order valence-electron chi connectivity index (χ4n) is 3.64. The number of likely N-dealkylation sites (tertiary alicyclic amines) is 1. The van der Waals surface area contributed by atoms with Crippen LogP contribution in [-0.4, -0.2) is 46.0 Å². The summed E-state index contributed by atoms with van der Waals surface area (Å²) < 4.78 is 0. The van der Waals surface area contributed by atoms with E-state index in [-0.39, 0.29) is 23.3 Å². The van der Waals surface area contributed by atoms with E-state index in [1.807, 2.05) is 35.2 Å². The summed E-state index contributed by atoms with van der Waals surface area (Å²) >= 11 is 0. The van der Waals surface area contributed by atoms with Crippen LogP contribution in [0, 0.1) is 5.41 Å². The second-order valence-corrected chi connectivity index (χ2v) is 6.72. The van der Waals surface area contributed by atoms with Crippen molar-refractivity contribution in [3.8, 4) is 0 Å². The van der Waals surface area contributed by atoms with Crippen LogP contribution in [-0.2, 0) is 0 Å². The molecule has 1 aromatic heterocycles. The number of aromatic amines is 1. The monoisotopic (exact) mass is 324 g/mol. The first-order valence-corrected chi connectivity index (χ1v) is 8.33. The molecule has 4 rings (SSSR count). The average molecular weight is 324 g/mol. The minimum Gasteiger partial charge on any atom is -0.349 e. The van der Waals surface area contributed by atoms with E-state index in [1.54, 1.807) is 12.3 Å². The van der Waals surface area contributed by atoms with E-state index in [2.05, 4.69) is 15.5 Å². The van der Waals surface area contributed by atoms with Gasteiger partial charge in [0.2, 0.25) is 0 Å². The van der Waals surface area contributed by atoms with Gasteiger partial charge in [0.05, 0.1) is 0 Å². The Labute approximate surface area is 140 Å². The topological polar surface area (TPSA) is 78.1 Å². The summed E-state index contributed by atoms with van der Waals surface area (Å²) in [5, 5.41) is 9.70. The van der Waals surface area contributed by atoms with Crippen molar-refractivity contribution in [2.75, 3.05) is 13.1 Å². The normalized spacial score (nSPS) is 21.5. The smallest absolute Gasteiger partial charge is 0.271 e. The van der Waals surface area contributed by atoms with Crippen molar-refractivity contribution in [3.63, 3.8) is 0 Å². The van der Waals surface area contributed by atoms with E-state index in [0.29, 0.717) is 11.3 Å². The van der Waals surface area contributed by atoms with E-state index in [0.717, 1.165) is 32.4 Å². The molecule has 1 unspecified atom stereocenters. The van der Waals surface area contributed by atoms with E-state index in [9.17, 15) is 9.59 Å². The van der Waals surface area contributed by atoms with E-state index < -0.39 is 0 Å². The molecule has 24 heavy (non-hydrogen) atoms. The number of benzene rings is 1. The molecule has 1 saturated heterocycles. The van der Waals surface area contributed by atoms with Gasteiger partial charge in [0.25, 0.3) is 11.8 Å². The third-order valence-corrected chi connectivity index (χ3v) is 5.31. The van der Waals surface area contributed by atoms with Gasteiger partial charge in [-0.05, 0) is 42.9 Å². The lowest BCUT2D eigenvalue weighted by Crippen LogP contribution is -2.41. The van der Waals surface area contributed by atoms with Crippen LogP contribution in [0.15, 0.2) is 42.6 Å². The van der Waals surface area contributed by atoms with Crippen molar-refractivity contribution >= 4 is 11.8 Å². The van der Waals surface area contributed by atoms with E-state index >= 15 is 0 Å². The second-order valence-electron chi connectivity index (χ2n) is 6.72. The van der Waals surface area contributed by atoms with Crippen molar-refractivity contribution in [3.05, 3.63) is 53.9 Å². The highest BCUT2D eigenvalue weighted by atomic mass is 16.2. The SMILES string of the molecule is O=C(NC1CC12CCN(C(=O)c1ccn[nH]1)CC2)c1ccccc1. The fourth-order valence-corrected chi connectivity index (χ4v) is 3.64. The van der Waals surface area contributed by atoms with Crippen LogP contribution in [0.4, 0.5) is 0 Å². The molecular formula is C18H20N4O2. The van der Waals surface area contributed by atoms with Gasteiger partial charge in [-0.1, -0.05) is 18.2 Å². The molecule has 1 aromatic carbocycles. The lowest BCUT2D eigenvalue weighted by atomic mass is 9.92. The molecule has 2 N–H and O–H groups in total. The summed E-state index contributed by atoms with van der Waals surface area (Å²) in [4.78, 5) is 26.5. The minimum atomic E-state index is -0.00607. The summed E-state index contributed by atoms with van der Waals surface area (Å²) in [6, 6.07) is 11.2. The van der Waals surface area contributed by atoms with Gasteiger partial charge in [-0.2, -0.15) is 5.10 Å². The summed E-state index contributed by atoms with van der Waals surface area (Å²) in [5.74, 6) is 0.00121. The Morgan fingerprint density at radius 2 is 1.92 bits per heavy atom. The third kappa shape index (κ3) is 2.68. The maximum atomic E-state index is 12.3. The standard InChI is InChI=1S/C18H20N4O2/c23-16(13-4-2-1-3-5-13)20-15-12-18(15)7-10-22(11-8-18)17(24)14-6-9-19-21-14/h1-6,9,15H,7-8,10-12H2,(H,19,21)(H,20,23). The number of rotatable bonds is 3. The van der Waals surface area contributed by atoms with Gasteiger partial charge in [-0.15, -0.1) is 0 Å². The van der Waals surface area contributed by atoms with Crippen LogP contribution in [0.3, 0.4) is 0 Å². The number of nitrogens with zero attached hydrogens (tertiary/aromatic N) is 2. The van der Waals surface area contributed by atoms with Crippen LogP contribution in [0.5, 0.6) is 0 Å². The minimum absolute atomic E-state index is 0.00607. The second kappa shape index (κ2) is 5.78. The lowest BCUT2D eigenvalue weighted by Gasteiger charge is -2.32. The Bertz CT molecular complexity index is 734. The molecule has 0 bridgehead atoms. The predicted octanol–water partition coefficient (Wildman–Crippen LogP) is 1.83. The first kappa shape index (κ1) is 14.9. The van der Waals surface area contributed by atoms with E-state index in [1.165, 1.54) is 0 Å². The first-order valence-electron chi connectivity index (χ1n) is 8.33. The molecule has 2 aliphatic rings. The van der Waals surface area contributed by atoms with Crippen molar-refractivity contribution in [2.24, 2.45) is 5.41 Å². The molecule has 124 valence electrons. The number of carbonyl (C=O) groups excluding carboxylic acids is 2. The summed E-state index contributed by atoms with van der Waals surface area (Å²) in [6.45, 7) is 1.46. The number of H-pyrrole nitrogens is 1. The summed E-state index contributed by atoms with van der Waals surface area (Å²) in [5.41, 5.74) is 1.41. The maximum Gasteiger partial charge on any atom is 0.271 e. The van der Waals surface area contributed by atoms with E-state index in [4.69, 9.17) is 0 Å². The Kier molecular flexibility index (Phi) is 3.59. The lowest BCUT2D eigenvalue weighted by molar-refractivity contribution is 0.0662. The van der Waals surface area contributed by atoms with Gasteiger partial charge in [-0.25, -0.2) is 0 Å². The Morgan fingerprint density at radius 3 is 2.58 bits per heavy atom. The number of hydrogen-bond donors (Lipinski definition) is 2. The largest absolute Gasteiger partial charge is 0.349 e. The van der Waals surface area contributed by atoms with Crippen LogP contribution in [0.1, 0.15) is 40.1 Å². The molecule has 2 fully saturated rings. The average Bonchev–Trinajstić information content (AvgIpc) is 3.03. The fraction of sp³-hybridized carbons (Fsp3) is 0.389. The van der Waals surface area contributed by atoms with Crippen molar-refractivity contribution < 1.29 is 9.59 Å². The molecule has 0 radical (unpaired) electrons. The van der Waals surface area contributed by atoms with Crippen molar-refractivity contribution in [2.45, 2.75) is 25.3 Å². The Balaban J connectivity index is 1.32. The molecule has 1 aliphatic carbocycles. The molecule has 2 amide bonds. The van der Waals surface area contributed by atoms with Gasteiger partial charge in [0.1, 0.15) is 5.69 Å². The number of hydrogen-bond acceptors (Lipinski definition) is 3. The van der Waals surface area contributed by atoms with Gasteiger partial charge in [0.15, 0.2) is 0 Å². The number of nitrogens with one attached hydrogen (secondary N) is 2.